The highest BCUT2D eigenvalue weighted by atomic mass is 32.3. The van der Waals surface area contributed by atoms with Crippen LogP contribution in [0.2, 0.25) is 0 Å². The molecule has 25 heavy (non-hydrogen) atoms. The van der Waals surface area contributed by atoms with Crippen LogP contribution >= 0.6 is 0 Å². The normalized spacial score (nSPS) is 38.7. The van der Waals surface area contributed by atoms with E-state index in [4.69, 9.17) is 23.1 Å². The molecule has 0 aromatic heterocycles. The first-order valence-corrected chi connectivity index (χ1v) is 9.41. The van der Waals surface area contributed by atoms with Gasteiger partial charge in [-0.2, -0.15) is 8.42 Å². The lowest BCUT2D eigenvalue weighted by molar-refractivity contribution is -0.243. The number of hydrogen-bond donors (Lipinski definition) is 0. The molecule has 0 N–H and O–H groups in total. The van der Waals surface area contributed by atoms with Gasteiger partial charge in [0, 0.05) is 0 Å². The Balaban J connectivity index is 1.48. The van der Waals surface area contributed by atoms with Crippen molar-refractivity contribution in [3.63, 3.8) is 0 Å². The van der Waals surface area contributed by atoms with E-state index in [0.29, 0.717) is 6.61 Å². The number of benzene rings is 1. The zero-order valence-corrected chi connectivity index (χ0v) is 14.7. The van der Waals surface area contributed by atoms with E-state index in [1.54, 1.807) is 13.8 Å². The molecule has 0 amide bonds. The molecule has 138 valence electrons. The maximum absolute atomic E-state index is 11.4. The molecule has 0 radical (unpaired) electrons. The Morgan fingerprint density at radius 2 is 1.84 bits per heavy atom. The van der Waals surface area contributed by atoms with Gasteiger partial charge in [-0.25, -0.2) is 8.37 Å². The third kappa shape index (κ3) is 3.59. The van der Waals surface area contributed by atoms with Gasteiger partial charge in [-0.3, -0.25) is 0 Å². The summed E-state index contributed by atoms with van der Waals surface area (Å²) in [5.74, 6) is -0.815. The lowest BCUT2D eigenvalue weighted by Crippen LogP contribution is -2.39. The maximum Gasteiger partial charge on any atom is 0.400 e. The molecule has 8 nitrogen and oxygen atoms in total. The minimum absolute atomic E-state index is 0.120. The first-order valence-electron chi connectivity index (χ1n) is 8.07. The van der Waals surface area contributed by atoms with E-state index in [1.807, 2.05) is 30.3 Å². The van der Waals surface area contributed by atoms with Gasteiger partial charge in [0.2, 0.25) is 0 Å². The molecule has 0 saturated carbocycles. The fourth-order valence-corrected chi connectivity index (χ4v) is 4.11. The number of hydrogen-bond acceptors (Lipinski definition) is 8. The number of ether oxygens (including phenoxy) is 4. The predicted octanol–water partition coefficient (Wildman–Crippen LogP) is 1.11. The Morgan fingerprint density at radius 1 is 1.12 bits per heavy atom. The molecule has 1 aromatic carbocycles. The van der Waals surface area contributed by atoms with Crippen molar-refractivity contribution >= 4 is 10.4 Å². The maximum atomic E-state index is 11.4. The largest absolute Gasteiger partial charge is 0.400 e. The molecule has 3 fully saturated rings. The molecule has 0 aliphatic carbocycles. The Hall–Kier alpha value is -1.07. The van der Waals surface area contributed by atoms with Crippen LogP contribution in [0.3, 0.4) is 0 Å². The molecule has 0 spiro atoms. The molecule has 5 atom stereocenters. The fourth-order valence-electron chi connectivity index (χ4n) is 3.28. The SMILES string of the molecule is CC1(C)O[C@@H]2[C@H](O1)[C@@H](OCc1ccccc1)O[C@@H]2[C@H]1COS(=O)(=O)O1. The van der Waals surface area contributed by atoms with Gasteiger partial charge in [-0.15, -0.1) is 0 Å². The van der Waals surface area contributed by atoms with E-state index in [-0.39, 0.29) is 6.61 Å². The summed E-state index contributed by atoms with van der Waals surface area (Å²) in [6.45, 7) is 3.80. The van der Waals surface area contributed by atoms with E-state index >= 15 is 0 Å². The molecular weight excluding hydrogens is 352 g/mol. The molecular formula is C16H20O8S. The van der Waals surface area contributed by atoms with Crippen LogP contribution in [0.4, 0.5) is 0 Å². The van der Waals surface area contributed by atoms with Crippen molar-refractivity contribution in [3.05, 3.63) is 35.9 Å². The van der Waals surface area contributed by atoms with Crippen molar-refractivity contribution in [2.45, 2.75) is 56.9 Å². The van der Waals surface area contributed by atoms with Crippen LogP contribution in [-0.2, 0) is 44.3 Å². The van der Waals surface area contributed by atoms with Gasteiger partial charge in [0.25, 0.3) is 0 Å². The van der Waals surface area contributed by atoms with E-state index in [9.17, 15) is 8.42 Å². The standard InChI is InChI=1S/C16H20O8S/c1-16(2)22-13-12(11-9-20-25(17,18)24-11)21-15(14(13)23-16)19-8-10-6-4-3-5-7-10/h3-7,11-15H,8-9H2,1-2H3/t11-,12-,13+,14+,15+/m1/s1. The van der Waals surface area contributed by atoms with E-state index in [0.717, 1.165) is 5.56 Å². The molecule has 3 aliphatic heterocycles. The Labute approximate surface area is 146 Å². The van der Waals surface area contributed by atoms with Crippen LogP contribution in [0.5, 0.6) is 0 Å². The average molecular weight is 372 g/mol. The monoisotopic (exact) mass is 372 g/mol. The molecule has 0 unspecified atom stereocenters. The second kappa shape index (κ2) is 6.27. The molecule has 3 aliphatic rings. The van der Waals surface area contributed by atoms with E-state index < -0.39 is 46.9 Å². The topological polar surface area (TPSA) is 89.5 Å². The minimum Gasteiger partial charge on any atom is -0.345 e. The second-order valence-corrected chi connectivity index (χ2v) is 7.90. The highest BCUT2D eigenvalue weighted by Gasteiger charge is 2.59. The summed E-state index contributed by atoms with van der Waals surface area (Å²) in [5.41, 5.74) is 0.993. The van der Waals surface area contributed by atoms with Gasteiger partial charge < -0.3 is 18.9 Å². The zero-order chi connectivity index (χ0) is 17.7. The molecule has 3 heterocycles. The summed E-state index contributed by atoms with van der Waals surface area (Å²) >= 11 is 0. The van der Waals surface area contributed by atoms with Crippen LogP contribution in [0, 0.1) is 0 Å². The van der Waals surface area contributed by atoms with Gasteiger partial charge in [0.15, 0.2) is 12.1 Å². The van der Waals surface area contributed by atoms with Crippen molar-refractivity contribution < 1.29 is 35.7 Å². The van der Waals surface area contributed by atoms with Gasteiger partial charge in [-0.05, 0) is 19.4 Å². The Bertz CT molecular complexity index is 719. The quantitative estimate of drug-likeness (QED) is 0.776. The van der Waals surface area contributed by atoms with Crippen molar-refractivity contribution in [3.8, 4) is 0 Å². The van der Waals surface area contributed by atoms with Crippen LogP contribution in [0.25, 0.3) is 0 Å². The van der Waals surface area contributed by atoms with Gasteiger partial charge in [0.05, 0.1) is 13.2 Å². The molecule has 3 saturated heterocycles. The molecule has 4 rings (SSSR count). The molecule has 9 heteroatoms. The first kappa shape index (κ1) is 17.3. The van der Waals surface area contributed by atoms with Crippen molar-refractivity contribution in [2.75, 3.05) is 6.61 Å². The van der Waals surface area contributed by atoms with Crippen molar-refractivity contribution in [1.82, 2.24) is 0 Å². The highest BCUT2D eigenvalue weighted by molar-refractivity contribution is 7.82. The summed E-state index contributed by atoms with van der Waals surface area (Å²) in [6.07, 6.45) is -3.12. The first-order chi connectivity index (χ1) is 11.8. The summed E-state index contributed by atoms with van der Waals surface area (Å²) in [4.78, 5) is 0. The van der Waals surface area contributed by atoms with E-state index in [2.05, 4.69) is 4.18 Å². The zero-order valence-electron chi connectivity index (χ0n) is 13.9. The minimum atomic E-state index is -3.98. The number of rotatable bonds is 4. The third-order valence-electron chi connectivity index (χ3n) is 4.29. The van der Waals surface area contributed by atoms with Crippen LogP contribution in [-0.4, -0.2) is 51.5 Å². The highest BCUT2D eigenvalue weighted by Crippen LogP contribution is 2.41. The van der Waals surface area contributed by atoms with Gasteiger partial charge >= 0.3 is 10.4 Å². The summed E-state index contributed by atoms with van der Waals surface area (Å²) in [6, 6.07) is 9.66. The second-order valence-electron chi connectivity index (χ2n) is 6.66. The molecule has 0 bridgehead atoms. The van der Waals surface area contributed by atoms with Gasteiger partial charge in [-0.1, -0.05) is 30.3 Å². The smallest absolute Gasteiger partial charge is 0.345 e. The molecule has 1 aromatic rings. The fraction of sp³-hybridized carbons (Fsp3) is 0.625. The Kier molecular flexibility index (Phi) is 4.35. The predicted molar refractivity (Wildman–Crippen MR) is 83.5 cm³/mol. The van der Waals surface area contributed by atoms with Crippen LogP contribution in [0.15, 0.2) is 30.3 Å². The van der Waals surface area contributed by atoms with Crippen LogP contribution < -0.4 is 0 Å². The van der Waals surface area contributed by atoms with Gasteiger partial charge in [0.1, 0.15) is 24.4 Å². The third-order valence-corrected chi connectivity index (χ3v) is 5.20. The number of fused-ring (bicyclic) bond motifs is 1. The van der Waals surface area contributed by atoms with Crippen molar-refractivity contribution in [1.29, 1.82) is 0 Å². The summed E-state index contributed by atoms with van der Waals surface area (Å²) in [5, 5.41) is 0. The summed E-state index contributed by atoms with van der Waals surface area (Å²) in [7, 11) is -3.98. The Morgan fingerprint density at radius 3 is 2.52 bits per heavy atom. The van der Waals surface area contributed by atoms with Crippen LogP contribution in [0.1, 0.15) is 19.4 Å². The van der Waals surface area contributed by atoms with E-state index in [1.165, 1.54) is 0 Å². The lowest BCUT2D eigenvalue weighted by atomic mass is 10.1. The average Bonchev–Trinajstić information content (AvgIpc) is 3.17. The summed E-state index contributed by atoms with van der Waals surface area (Å²) < 4.78 is 56.0. The van der Waals surface area contributed by atoms with Crippen molar-refractivity contribution in [2.24, 2.45) is 0 Å². The lowest BCUT2D eigenvalue weighted by Gasteiger charge is -2.25.